The molecule has 0 radical (unpaired) electrons. The predicted molar refractivity (Wildman–Crippen MR) is 77.4 cm³/mol. The lowest BCUT2D eigenvalue weighted by molar-refractivity contribution is -0.148. The fourth-order valence-electron chi connectivity index (χ4n) is 6.01. The molecule has 4 saturated carbocycles. The van der Waals surface area contributed by atoms with Crippen molar-refractivity contribution >= 4 is 11.9 Å². The second-order valence-corrected chi connectivity index (χ2v) is 8.12. The van der Waals surface area contributed by atoms with E-state index in [0.717, 1.165) is 11.8 Å². The molecule has 5 fully saturated rings. The van der Waals surface area contributed by atoms with E-state index in [1.165, 1.54) is 32.1 Å². The van der Waals surface area contributed by atoms with Crippen LogP contribution in [-0.2, 0) is 9.59 Å². The molecule has 5 rings (SSSR count). The van der Waals surface area contributed by atoms with Gasteiger partial charge in [0.2, 0.25) is 5.91 Å². The van der Waals surface area contributed by atoms with Crippen molar-refractivity contribution in [2.24, 2.45) is 41.4 Å². The van der Waals surface area contributed by atoms with Crippen LogP contribution in [0.4, 0.5) is 0 Å². The quantitative estimate of drug-likeness (QED) is 0.849. The summed E-state index contributed by atoms with van der Waals surface area (Å²) in [7, 11) is 0. The minimum Gasteiger partial charge on any atom is -0.481 e. The number of carbonyl (C=O) groups excluding carboxylic acids is 1. The van der Waals surface area contributed by atoms with Crippen molar-refractivity contribution < 1.29 is 14.7 Å². The highest BCUT2D eigenvalue weighted by atomic mass is 16.4. The lowest BCUT2D eigenvalue weighted by Gasteiger charge is -2.54. The van der Waals surface area contributed by atoms with E-state index in [0.29, 0.717) is 24.9 Å². The van der Waals surface area contributed by atoms with Crippen LogP contribution in [0.2, 0.25) is 0 Å². The Morgan fingerprint density at radius 2 is 1.52 bits per heavy atom. The van der Waals surface area contributed by atoms with Gasteiger partial charge >= 0.3 is 5.97 Å². The molecular formula is C17H25NO3. The first-order valence-corrected chi connectivity index (χ1v) is 8.54. The van der Waals surface area contributed by atoms with Crippen LogP contribution in [-0.4, -0.2) is 35.0 Å². The molecule has 21 heavy (non-hydrogen) atoms. The Morgan fingerprint density at radius 1 is 0.952 bits per heavy atom. The summed E-state index contributed by atoms with van der Waals surface area (Å²) in [5.74, 6) is 2.39. The summed E-state index contributed by atoms with van der Waals surface area (Å²) in [6, 6.07) is 0. The monoisotopic (exact) mass is 291 g/mol. The maximum Gasteiger partial charge on any atom is 0.308 e. The summed E-state index contributed by atoms with van der Waals surface area (Å²) in [5, 5.41) is 9.26. The highest BCUT2D eigenvalue weighted by molar-refractivity contribution is 5.81. The molecule has 2 unspecified atom stereocenters. The van der Waals surface area contributed by atoms with Crippen molar-refractivity contribution in [3.8, 4) is 0 Å². The van der Waals surface area contributed by atoms with E-state index in [1.807, 2.05) is 11.8 Å². The summed E-state index contributed by atoms with van der Waals surface area (Å²) in [5.41, 5.74) is 0. The number of carbonyl (C=O) groups is 2. The average Bonchev–Trinajstić information content (AvgIpc) is 2.79. The van der Waals surface area contributed by atoms with Crippen LogP contribution in [0.15, 0.2) is 0 Å². The Hall–Kier alpha value is -1.06. The molecule has 0 aromatic carbocycles. The molecule has 1 aliphatic heterocycles. The molecule has 0 aromatic rings. The fraction of sp³-hybridized carbons (Fsp3) is 0.882. The first kappa shape index (κ1) is 13.6. The highest BCUT2D eigenvalue weighted by Gasteiger charge is 2.52. The third-order valence-electron chi connectivity index (χ3n) is 6.75. The van der Waals surface area contributed by atoms with Crippen LogP contribution < -0.4 is 0 Å². The van der Waals surface area contributed by atoms with Crippen molar-refractivity contribution in [3.05, 3.63) is 0 Å². The van der Waals surface area contributed by atoms with Crippen molar-refractivity contribution in [2.45, 2.75) is 39.0 Å². The van der Waals surface area contributed by atoms with Crippen LogP contribution in [0.5, 0.6) is 0 Å². The maximum absolute atomic E-state index is 13.0. The minimum absolute atomic E-state index is 0.0864. The summed E-state index contributed by atoms with van der Waals surface area (Å²) in [4.78, 5) is 26.1. The van der Waals surface area contributed by atoms with E-state index in [9.17, 15) is 14.7 Å². The summed E-state index contributed by atoms with van der Waals surface area (Å²) < 4.78 is 0. The number of hydrogen-bond donors (Lipinski definition) is 1. The number of carboxylic acid groups (broad SMARTS) is 1. The lowest BCUT2D eigenvalue weighted by atomic mass is 9.51. The van der Waals surface area contributed by atoms with Gasteiger partial charge < -0.3 is 10.0 Å². The molecule has 4 heteroatoms. The number of aliphatic carboxylic acids is 1. The maximum atomic E-state index is 13.0. The van der Waals surface area contributed by atoms with Gasteiger partial charge in [-0.15, -0.1) is 0 Å². The van der Waals surface area contributed by atoms with Gasteiger partial charge in [-0.05, 0) is 61.7 Å². The zero-order valence-corrected chi connectivity index (χ0v) is 12.7. The molecule has 4 aliphatic carbocycles. The van der Waals surface area contributed by atoms with E-state index in [-0.39, 0.29) is 23.7 Å². The Kier molecular flexibility index (Phi) is 3.05. The van der Waals surface area contributed by atoms with Crippen molar-refractivity contribution in [3.63, 3.8) is 0 Å². The van der Waals surface area contributed by atoms with Gasteiger partial charge in [-0.25, -0.2) is 0 Å². The van der Waals surface area contributed by atoms with E-state index in [4.69, 9.17) is 0 Å². The average molecular weight is 291 g/mol. The Bertz CT molecular complexity index is 447. The summed E-state index contributed by atoms with van der Waals surface area (Å²) in [6.45, 7) is 3.03. The number of rotatable bonds is 2. The largest absolute Gasteiger partial charge is 0.481 e. The molecule has 5 aliphatic rings. The zero-order valence-electron chi connectivity index (χ0n) is 12.7. The van der Waals surface area contributed by atoms with E-state index >= 15 is 0 Å². The van der Waals surface area contributed by atoms with Crippen molar-refractivity contribution in [2.75, 3.05) is 13.1 Å². The molecule has 4 nitrogen and oxygen atoms in total. The molecule has 2 atom stereocenters. The standard InChI is InChI=1S/C17H25NO3/c1-9-7-18(8-14(9)17(20)21)16(19)15-12-3-10-2-11(5-12)6-13(15)4-10/h9-15H,2-8H2,1H3,(H,20,21). The van der Waals surface area contributed by atoms with Crippen LogP contribution >= 0.6 is 0 Å². The lowest BCUT2D eigenvalue weighted by Crippen LogP contribution is -2.51. The zero-order chi connectivity index (χ0) is 14.7. The van der Waals surface area contributed by atoms with Gasteiger partial charge in [-0.3, -0.25) is 9.59 Å². The number of nitrogens with zero attached hydrogens (tertiary/aromatic N) is 1. The van der Waals surface area contributed by atoms with Gasteiger partial charge in [0.15, 0.2) is 0 Å². The molecule has 1 amide bonds. The van der Waals surface area contributed by atoms with E-state index in [2.05, 4.69) is 0 Å². The number of carboxylic acids is 1. The predicted octanol–water partition coefficient (Wildman–Crippen LogP) is 2.24. The first-order valence-electron chi connectivity index (χ1n) is 8.54. The van der Waals surface area contributed by atoms with E-state index < -0.39 is 5.97 Å². The number of amides is 1. The highest BCUT2D eigenvalue weighted by Crippen LogP contribution is 2.57. The van der Waals surface area contributed by atoms with Gasteiger partial charge in [-0.1, -0.05) is 6.92 Å². The van der Waals surface area contributed by atoms with Gasteiger partial charge in [-0.2, -0.15) is 0 Å². The SMILES string of the molecule is CC1CN(C(=O)C2C3CC4CC(C3)CC2C4)CC1C(=O)O. The fourth-order valence-corrected chi connectivity index (χ4v) is 6.01. The van der Waals surface area contributed by atoms with Gasteiger partial charge in [0.05, 0.1) is 5.92 Å². The van der Waals surface area contributed by atoms with E-state index in [1.54, 1.807) is 0 Å². The summed E-state index contributed by atoms with van der Waals surface area (Å²) >= 11 is 0. The van der Waals surface area contributed by atoms with Gasteiger partial charge in [0, 0.05) is 19.0 Å². The molecule has 0 spiro atoms. The van der Waals surface area contributed by atoms with Crippen molar-refractivity contribution in [1.29, 1.82) is 0 Å². The smallest absolute Gasteiger partial charge is 0.308 e. The second-order valence-electron chi connectivity index (χ2n) is 8.12. The van der Waals surface area contributed by atoms with Gasteiger partial charge in [0.25, 0.3) is 0 Å². The number of likely N-dealkylation sites (tertiary alicyclic amines) is 1. The van der Waals surface area contributed by atoms with Crippen molar-refractivity contribution in [1.82, 2.24) is 4.90 Å². The Morgan fingerprint density at radius 3 is 2.00 bits per heavy atom. The molecule has 1 N–H and O–H groups in total. The summed E-state index contributed by atoms with van der Waals surface area (Å²) in [6.07, 6.45) is 6.38. The Labute approximate surface area is 125 Å². The van der Waals surface area contributed by atoms with Crippen LogP contribution in [0, 0.1) is 41.4 Å². The topological polar surface area (TPSA) is 57.6 Å². The first-order chi connectivity index (χ1) is 10.0. The molecule has 116 valence electrons. The van der Waals surface area contributed by atoms with Crippen LogP contribution in [0.3, 0.4) is 0 Å². The van der Waals surface area contributed by atoms with Crippen LogP contribution in [0.25, 0.3) is 0 Å². The molecule has 4 bridgehead atoms. The van der Waals surface area contributed by atoms with Crippen LogP contribution in [0.1, 0.15) is 39.0 Å². The normalized spacial score (nSPS) is 47.9. The minimum atomic E-state index is -0.747. The Balaban J connectivity index is 1.50. The molecule has 1 heterocycles. The third kappa shape index (κ3) is 2.09. The van der Waals surface area contributed by atoms with Gasteiger partial charge in [0.1, 0.15) is 0 Å². The second kappa shape index (κ2) is 4.72. The molecular weight excluding hydrogens is 266 g/mol. The third-order valence-corrected chi connectivity index (χ3v) is 6.75. The molecule has 0 aromatic heterocycles. The number of hydrogen-bond acceptors (Lipinski definition) is 2. The molecule has 1 saturated heterocycles.